The fraction of sp³-hybridized carbons (Fsp3) is 0.500. The molecule has 2 N–H and O–H groups in total. The summed E-state index contributed by atoms with van der Waals surface area (Å²) in [4.78, 5) is 24.4. The summed E-state index contributed by atoms with van der Waals surface area (Å²) in [7, 11) is 0. The van der Waals surface area contributed by atoms with Crippen molar-refractivity contribution >= 4 is 11.9 Å². The van der Waals surface area contributed by atoms with Gasteiger partial charge in [-0.05, 0) is 44.9 Å². The van der Waals surface area contributed by atoms with E-state index in [0.717, 1.165) is 5.56 Å². The van der Waals surface area contributed by atoms with E-state index >= 15 is 0 Å². The highest BCUT2D eigenvalue weighted by Gasteiger charge is 2.59. The Morgan fingerprint density at radius 3 is 2.22 bits per heavy atom. The summed E-state index contributed by atoms with van der Waals surface area (Å²) < 4.78 is 20.8. The molecule has 0 saturated carbocycles. The maximum Gasteiger partial charge on any atom is 0.453 e. The lowest BCUT2D eigenvalue weighted by molar-refractivity contribution is -0.202. The van der Waals surface area contributed by atoms with Gasteiger partial charge in [-0.2, -0.15) is 0 Å². The molecule has 0 spiro atoms. The van der Waals surface area contributed by atoms with Crippen molar-refractivity contribution in [3.8, 4) is 11.5 Å². The Morgan fingerprint density at radius 2 is 1.70 bits per heavy atom. The summed E-state index contributed by atoms with van der Waals surface area (Å²) in [6, 6.07) is 5.10. The zero-order valence-electron chi connectivity index (χ0n) is 13.5. The number of esters is 2. The first kappa shape index (κ1) is 17.1. The summed E-state index contributed by atoms with van der Waals surface area (Å²) in [5.74, 6) is -3.57. The van der Waals surface area contributed by atoms with Gasteiger partial charge < -0.3 is 24.7 Å². The monoisotopic (exact) mass is 323 g/mol. The van der Waals surface area contributed by atoms with Crippen LogP contribution < -0.4 is 15.2 Å². The van der Waals surface area contributed by atoms with Gasteiger partial charge in [-0.15, -0.1) is 0 Å². The predicted molar refractivity (Wildman–Crippen MR) is 81.0 cm³/mol. The molecule has 0 saturated heterocycles. The molecule has 1 heterocycles. The van der Waals surface area contributed by atoms with Crippen LogP contribution in [0, 0.1) is 0 Å². The standard InChI is InChI=1S/C16H21NO6/c1-4-20-14(18)16(15(19)21-5-2)22-12-7-6-11(8-10(3)17)9-13(12)23-16/h6-7,9-10H,4-5,8,17H2,1-3H3. The molecular formula is C16H21NO6. The molecule has 0 radical (unpaired) electrons. The Bertz CT molecular complexity index is 580. The molecule has 1 atom stereocenters. The highest BCUT2D eigenvalue weighted by molar-refractivity contribution is 6.03. The number of fused-ring (bicyclic) bond motifs is 1. The van der Waals surface area contributed by atoms with E-state index in [9.17, 15) is 9.59 Å². The van der Waals surface area contributed by atoms with Gasteiger partial charge in [0.15, 0.2) is 11.5 Å². The van der Waals surface area contributed by atoms with Crippen molar-refractivity contribution in [1.82, 2.24) is 0 Å². The number of hydrogen-bond acceptors (Lipinski definition) is 7. The van der Waals surface area contributed by atoms with Crippen LogP contribution in [0.15, 0.2) is 18.2 Å². The number of hydrogen-bond donors (Lipinski definition) is 1. The molecule has 7 nitrogen and oxygen atoms in total. The van der Waals surface area contributed by atoms with Crippen LogP contribution >= 0.6 is 0 Å². The Hall–Kier alpha value is -2.28. The lowest BCUT2D eigenvalue weighted by Crippen LogP contribution is -2.55. The summed E-state index contributed by atoms with van der Waals surface area (Å²) in [6.07, 6.45) is 0.627. The van der Waals surface area contributed by atoms with Gasteiger partial charge in [0.1, 0.15) is 0 Å². The van der Waals surface area contributed by atoms with E-state index in [4.69, 9.17) is 24.7 Å². The average Bonchev–Trinajstić information content (AvgIpc) is 2.87. The van der Waals surface area contributed by atoms with Crippen molar-refractivity contribution in [2.45, 2.75) is 39.0 Å². The van der Waals surface area contributed by atoms with E-state index in [0.29, 0.717) is 6.42 Å². The second-order valence-electron chi connectivity index (χ2n) is 5.22. The molecule has 2 rings (SSSR count). The summed E-state index contributed by atoms with van der Waals surface area (Å²) in [6.45, 7) is 5.29. The molecular weight excluding hydrogens is 302 g/mol. The average molecular weight is 323 g/mol. The summed E-state index contributed by atoms with van der Waals surface area (Å²) in [5.41, 5.74) is 6.69. The van der Waals surface area contributed by atoms with Crippen LogP contribution in [0.3, 0.4) is 0 Å². The first-order chi connectivity index (χ1) is 10.9. The molecule has 0 bridgehead atoms. The zero-order valence-corrected chi connectivity index (χ0v) is 13.5. The van der Waals surface area contributed by atoms with Crippen molar-refractivity contribution < 1.29 is 28.5 Å². The smallest absolute Gasteiger partial charge is 0.453 e. The topological polar surface area (TPSA) is 97.1 Å². The third kappa shape index (κ3) is 3.39. The van der Waals surface area contributed by atoms with Gasteiger partial charge in [-0.25, -0.2) is 9.59 Å². The second kappa shape index (κ2) is 6.87. The Kier molecular flexibility index (Phi) is 5.10. The maximum atomic E-state index is 12.2. The Balaban J connectivity index is 2.32. The molecule has 0 fully saturated rings. The van der Waals surface area contributed by atoms with Gasteiger partial charge in [0.25, 0.3) is 0 Å². The van der Waals surface area contributed by atoms with Gasteiger partial charge in [-0.3, -0.25) is 0 Å². The molecule has 0 aromatic heterocycles. The van der Waals surface area contributed by atoms with Crippen LogP contribution in [-0.4, -0.2) is 37.0 Å². The highest BCUT2D eigenvalue weighted by Crippen LogP contribution is 2.41. The first-order valence-electron chi connectivity index (χ1n) is 7.54. The largest absolute Gasteiger partial charge is 0.460 e. The number of nitrogens with two attached hydrogens (primary N) is 1. The molecule has 1 aromatic rings. The van der Waals surface area contributed by atoms with Gasteiger partial charge in [-0.1, -0.05) is 6.07 Å². The number of rotatable bonds is 6. The molecule has 1 aliphatic rings. The minimum Gasteiger partial charge on any atom is -0.460 e. The minimum atomic E-state index is -2.25. The second-order valence-corrected chi connectivity index (χ2v) is 5.22. The lowest BCUT2D eigenvalue weighted by atomic mass is 10.1. The molecule has 0 amide bonds. The molecule has 1 unspecified atom stereocenters. The van der Waals surface area contributed by atoms with Crippen LogP contribution in [0.5, 0.6) is 11.5 Å². The van der Waals surface area contributed by atoms with Crippen molar-refractivity contribution in [3.05, 3.63) is 23.8 Å². The lowest BCUT2D eigenvalue weighted by Gasteiger charge is -2.22. The summed E-state index contributed by atoms with van der Waals surface area (Å²) in [5, 5.41) is 0. The zero-order chi connectivity index (χ0) is 17.0. The molecule has 1 aromatic carbocycles. The predicted octanol–water partition coefficient (Wildman–Crippen LogP) is 1.17. The van der Waals surface area contributed by atoms with Gasteiger partial charge in [0, 0.05) is 6.04 Å². The van der Waals surface area contributed by atoms with E-state index in [-0.39, 0.29) is 30.8 Å². The van der Waals surface area contributed by atoms with Gasteiger partial charge >= 0.3 is 17.7 Å². The fourth-order valence-corrected chi connectivity index (χ4v) is 2.25. The van der Waals surface area contributed by atoms with Crippen molar-refractivity contribution in [2.24, 2.45) is 5.73 Å². The minimum absolute atomic E-state index is 0.0322. The van der Waals surface area contributed by atoms with Crippen LogP contribution in [0.1, 0.15) is 26.3 Å². The third-order valence-corrected chi connectivity index (χ3v) is 3.16. The highest BCUT2D eigenvalue weighted by atomic mass is 16.8. The van der Waals surface area contributed by atoms with E-state index in [1.54, 1.807) is 32.0 Å². The maximum absolute atomic E-state index is 12.2. The number of ether oxygens (including phenoxy) is 4. The number of carbonyl (C=O) groups is 2. The molecule has 126 valence electrons. The van der Waals surface area contributed by atoms with E-state index in [2.05, 4.69) is 0 Å². The fourth-order valence-electron chi connectivity index (χ4n) is 2.25. The molecule has 1 aliphatic heterocycles. The number of benzene rings is 1. The van der Waals surface area contributed by atoms with E-state index < -0.39 is 17.7 Å². The van der Waals surface area contributed by atoms with E-state index in [1.807, 2.05) is 6.92 Å². The number of carbonyl (C=O) groups excluding carboxylic acids is 2. The van der Waals surface area contributed by atoms with Crippen molar-refractivity contribution in [3.63, 3.8) is 0 Å². The van der Waals surface area contributed by atoms with Crippen LogP contribution in [-0.2, 0) is 25.5 Å². The molecule has 7 heteroatoms. The van der Waals surface area contributed by atoms with E-state index in [1.165, 1.54) is 0 Å². The SMILES string of the molecule is CCOC(=O)C1(C(=O)OCC)Oc2ccc(CC(C)N)cc2O1. The van der Waals surface area contributed by atoms with Crippen LogP contribution in [0.4, 0.5) is 0 Å². The van der Waals surface area contributed by atoms with Crippen molar-refractivity contribution in [2.75, 3.05) is 13.2 Å². The quantitative estimate of drug-likeness (QED) is 0.620. The van der Waals surface area contributed by atoms with Gasteiger partial charge in [0.2, 0.25) is 0 Å². The third-order valence-electron chi connectivity index (χ3n) is 3.16. The normalized spacial score (nSPS) is 15.8. The first-order valence-corrected chi connectivity index (χ1v) is 7.54. The van der Waals surface area contributed by atoms with Crippen LogP contribution in [0.2, 0.25) is 0 Å². The van der Waals surface area contributed by atoms with Crippen molar-refractivity contribution in [1.29, 1.82) is 0 Å². The Labute approximate surface area is 134 Å². The summed E-state index contributed by atoms with van der Waals surface area (Å²) >= 11 is 0. The molecule has 23 heavy (non-hydrogen) atoms. The Morgan fingerprint density at radius 1 is 1.13 bits per heavy atom. The molecule has 0 aliphatic carbocycles. The van der Waals surface area contributed by atoms with Crippen LogP contribution in [0.25, 0.3) is 0 Å². The van der Waals surface area contributed by atoms with Gasteiger partial charge in [0.05, 0.1) is 13.2 Å².